The predicted molar refractivity (Wildman–Crippen MR) is 95.9 cm³/mol. The number of carbonyl (C=O) groups excluding carboxylic acids is 1. The van der Waals surface area contributed by atoms with Crippen LogP contribution in [0.3, 0.4) is 0 Å². The van der Waals surface area contributed by atoms with Crippen LogP contribution in [0.5, 0.6) is 0 Å². The number of rotatable bonds is 5. The average Bonchev–Trinajstić information content (AvgIpc) is 2.49. The summed E-state index contributed by atoms with van der Waals surface area (Å²) in [6, 6.07) is 13.3. The average molecular weight is 395 g/mol. The molecule has 0 unspecified atom stereocenters. The molecule has 0 bridgehead atoms. The second-order valence-corrected chi connectivity index (χ2v) is 5.94. The number of benzene rings is 2. The molecule has 2 aromatic carbocycles. The molecule has 0 spiro atoms. The second-order valence-electron chi connectivity index (χ2n) is 4.69. The van der Waals surface area contributed by atoms with Crippen molar-refractivity contribution < 1.29 is 4.79 Å². The molecule has 0 aliphatic heterocycles. The summed E-state index contributed by atoms with van der Waals surface area (Å²) in [5.74, 6) is -0.0932. The lowest BCUT2D eigenvalue weighted by molar-refractivity contribution is 0.0953. The molecule has 4 nitrogen and oxygen atoms in total. The Hall–Kier alpha value is -1.76. The third-order valence-corrected chi connectivity index (χ3v) is 3.69. The molecule has 2 rings (SSSR count). The van der Waals surface area contributed by atoms with E-state index in [9.17, 15) is 4.79 Å². The number of nitrogen functional groups attached to an aromatic ring is 1. The largest absolute Gasteiger partial charge is 0.397 e. The highest BCUT2D eigenvalue weighted by Crippen LogP contribution is 2.24. The topological polar surface area (TPSA) is 67.2 Å². The van der Waals surface area contributed by atoms with Gasteiger partial charge in [-0.3, -0.25) is 4.79 Å². The van der Waals surface area contributed by atoms with Crippen molar-refractivity contribution in [2.24, 2.45) is 0 Å². The van der Waals surface area contributed by atoms with Crippen molar-refractivity contribution >= 4 is 45.6 Å². The molecule has 110 valence electrons. The molecule has 2 aromatic rings. The maximum absolute atomic E-state index is 11.9. The van der Waals surface area contributed by atoms with Gasteiger partial charge in [0, 0.05) is 21.4 Å². The van der Waals surface area contributed by atoms with E-state index >= 15 is 0 Å². The van der Waals surface area contributed by atoms with Crippen molar-refractivity contribution in [1.29, 1.82) is 0 Å². The Labute approximate surface area is 138 Å². The number of hydrogen-bond donors (Lipinski definition) is 3. The van der Waals surface area contributed by atoms with Crippen LogP contribution in [-0.4, -0.2) is 12.5 Å². The molecule has 5 heteroatoms. The van der Waals surface area contributed by atoms with Gasteiger partial charge in [0.25, 0.3) is 5.91 Å². The fraction of sp³-hybridized carbons (Fsp3) is 0.188. The smallest absolute Gasteiger partial charge is 0.251 e. The van der Waals surface area contributed by atoms with Crippen LogP contribution in [0.15, 0.2) is 42.5 Å². The van der Waals surface area contributed by atoms with Crippen molar-refractivity contribution in [2.45, 2.75) is 13.3 Å². The molecule has 21 heavy (non-hydrogen) atoms. The lowest BCUT2D eigenvalue weighted by atomic mass is 10.1. The molecule has 0 aliphatic rings. The summed E-state index contributed by atoms with van der Waals surface area (Å²) in [7, 11) is 0. The molecule has 0 saturated heterocycles. The van der Waals surface area contributed by atoms with E-state index in [2.05, 4.69) is 33.2 Å². The third-order valence-electron chi connectivity index (χ3n) is 2.97. The fourth-order valence-corrected chi connectivity index (χ4v) is 2.21. The van der Waals surface area contributed by atoms with E-state index in [0.717, 1.165) is 17.8 Å². The highest BCUT2D eigenvalue weighted by atomic mass is 127. The molecule has 0 saturated carbocycles. The minimum absolute atomic E-state index is 0.0932. The number of halogens is 1. The zero-order chi connectivity index (χ0) is 15.2. The summed E-state index contributed by atoms with van der Waals surface area (Å²) in [4.78, 5) is 11.9. The molecular weight excluding hydrogens is 377 g/mol. The first-order chi connectivity index (χ1) is 10.1. The van der Waals surface area contributed by atoms with Crippen LogP contribution in [0.2, 0.25) is 0 Å². The van der Waals surface area contributed by atoms with Gasteiger partial charge >= 0.3 is 0 Å². The maximum Gasteiger partial charge on any atom is 0.251 e. The first kappa shape index (κ1) is 15.6. The number of anilines is 3. The molecule has 0 fully saturated rings. The number of hydrogen-bond acceptors (Lipinski definition) is 3. The molecular formula is C16H18IN3O. The second kappa shape index (κ2) is 7.31. The molecule has 0 aliphatic carbocycles. The van der Waals surface area contributed by atoms with E-state index in [4.69, 9.17) is 5.73 Å². The predicted octanol–water partition coefficient (Wildman–Crippen LogP) is 3.76. The normalized spacial score (nSPS) is 10.2. The van der Waals surface area contributed by atoms with Gasteiger partial charge in [-0.05, 0) is 71.5 Å². The highest BCUT2D eigenvalue weighted by molar-refractivity contribution is 14.1. The van der Waals surface area contributed by atoms with Crippen molar-refractivity contribution in [3.05, 3.63) is 51.6 Å². The fourth-order valence-electron chi connectivity index (χ4n) is 1.85. The van der Waals surface area contributed by atoms with E-state index in [0.29, 0.717) is 17.8 Å². The van der Waals surface area contributed by atoms with E-state index in [1.807, 2.05) is 37.3 Å². The van der Waals surface area contributed by atoms with Gasteiger partial charge in [0.15, 0.2) is 0 Å². The van der Waals surface area contributed by atoms with Crippen LogP contribution in [0.1, 0.15) is 23.7 Å². The lowest BCUT2D eigenvalue weighted by Gasteiger charge is -2.11. The van der Waals surface area contributed by atoms with Crippen molar-refractivity contribution in [2.75, 3.05) is 17.6 Å². The Morgan fingerprint density at radius 2 is 1.90 bits per heavy atom. The summed E-state index contributed by atoms with van der Waals surface area (Å²) in [6.07, 6.45) is 0.910. The minimum atomic E-state index is -0.0932. The number of nitrogens with one attached hydrogen (secondary N) is 2. The van der Waals surface area contributed by atoms with Crippen molar-refractivity contribution in [1.82, 2.24) is 5.32 Å². The SMILES string of the molecule is CCCNC(=O)c1ccc(Nc2ccc(I)cc2)c(N)c1. The van der Waals surface area contributed by atoms with Gasteiger partial charge in [-0.1, -0.05) is 6.92 Å². The van der Waals surface area contributed by atoms with Crippen LogP contribution in [0.25, 0.3) is 0 Å². The van der Waals surface area contributed by atoms with E-state index in [1.54, 1.807) is 12.1 Å². The molecule has 4 N–H and O–H groups in total. The number of nitrogens with two attached hydrogens (primary N) is 1. The van der Waals surface area contributed by atoms with Gasteiger partial charge in [0.1, 0.15) is 0 Å². The Kier molecular flexibility index (Phi) is 5.44. The molecule has 0 aromatic heterocycles. The zero-order valence-corrected chi connectivity index (χ0v) is 14.0. The van der Waals surface area contributed by atoms with Crippen LogP contribution in [-0.2, 0) is 0 Å². The summed E-state index contributed by atoms with van der Waals surface area (Å²) < 4.78 is 1.18. The van der Waals surface area contributed by atoms with Crippen LogP contribution < -0.4 is 16.4 Å². The molecule has 0 atom stereocenters. The third kappa shape index (κ3) is 4.35. The Balaban J connectivity index is 2.12. The minimum Gasteiger partial charge on any atom is -0.397 e. The van der Waals surface area contributed by atoms with E-state index < -0.39 is 0 Å². The standard InChI is InChI=1S/C16H18IN3O/c1-2-9-19-16(21)11-3-8-15(14(18)10-11)20-13-6-4-12(17)5-7-13/h3-8,10,20H,2,9,18H2,1H3,(H,19,21). The summed E-state index contributed by atoms with van der Waals surface area (Å²) in [5, 5.41) is 6.08. The Morgan fingerprint density at radius 3 is 2.52 bits per heavy atom. The van der Waals surface area contributed by atoms with Gasteiger partial charge < -0.3 is 16.4 Å². The van der Waals surface area contributed by atoms with Crippen LogP contribution >= 0.6 is 22.6 Å². The van der Waals surface area contributed by atoms with E-state index in [-0.39, 0.29) is 5.91 Å². The highest BCUT2D eigenvalue weighted by Gasteiger charge is 2.07. The van der Waals surface area contributed by atoms with Gasteiger partial charge in [-0.15, -0.1) is 0 Å². The molecule has 0 heterocycles. The Bertz CT molecular complexity index is 626. The Morgan fingerprint density at radius 1 is 1.19 bits per heavy atom. The maximum atomic E-state index is 11.9. The monoisotopic (exact) mass is 395 g/mol. The molecule has 1 amide bonds. The summed E-state index contributed by atoms with van der Waals surface area (Å²) >= 11 is 2.26. The molecule has 0 radical (unpaired) electrons. The zero-order valence-electron chi connectivity index (χ0n) is 11.8. The summed E-state index contributed by atoms with van der Waals surface area (Å²) in [5.41, 5.74) is 8.91. The van der Waals surface area contributed by atoms with Crippen LogP contribution in [0, 0.1) is 3.57 Å². The number of amides is 1. The quantitative estimate of drug-likeness (QED) is 0.534. The summed E-state index contributed by atoms with van der Waals surface area (Å²) in [6.45, 7) is 2.68. The van der Waals surface area contributed by atoms with Gasteiger partial charge in [0.2, 0.25) is 0 Å². The first-order valence-electron chi connectivity index (χ1n) is 6.80. The van der Waals surface area contributed by atoms with Gasteiger partial charge in [-0.2, -0.15) is 0 Å². The van der Waals surface area contributed by atoms with E-state index in [1.165, 1.54) is 3.57 Å². The van der Waals surface area contributed by atoms with Crippen molar-refractivity contribution in [3.63, 3.8) is 0 Å². The first-order valence-corrected chi connectivity index (χ1v) is 7.88. The van der Waals surface area contributed by atoms with Gasteiger partial charge in [0.05, 0.1) is 11.4 Å². The number of carbonyl (C=O) groups is 1. The lowest BCUT2D eigenvalue weighted by Crippen LogP contribution is -2.24. The van der Waals surface area contributed by atoms with Crippen molar-refractivity contribution in [3.8, 4) is 0 Å². The van der Waals surface area contributed by atoms with Gasteiger partial charge in [-0.25, -0.2) is 0 Å². The van der Waals surface area contributed by atoms with Crippen LogP contribution in [0.4, 0.5) is 17.1 Å².